The zero-order valence-corrected chi connectivity index (χ0v) is 9.73. The molecule has 0 saturated carbocycles. The van der Waals surface area contributed by atoms with Gasteiger partial charge >= 0.3 is 0 Å². The summed E-state index contributed by atoms with van der Waals surface area (Å²) in [5.74, 6) is 0.942. The van der Waals surface area contributed by atoms with E-state index >= 15 is 0 Å². The molecule has 1 aromatic carbocycles. The van der Waals surface area contributed by atoms with Crippen molar-refractivity contribution in [1.29, 1.82) is 0 Å². The molecule has 0 amide bonds. The van der Waals surface area contributed by atoms with Gasteiger partial charge in [0, 0.05) is 6.04 Å². The number of benzene rings is 1. The summed E-state index contributed by atoms with van der Waals surface area (Å²) in [7, 11) is 0. The summed E-state index contributed by atoms with van der Waals surface area (Å²) in [6.07, 6.45) is 0. The minimum absolute atomic E-state index is 0. The van der Waals surface area contributed by atoms with Crippen LogP contribution < -0.4 is 10.5 Å². The number of rotatable bonds is 3. The number of aryl methyl sites for hydroxylation is 2. The van der Waals surface area contributed by atoms with Crippen LogP contribution in [-0.2, 0) is 0 Å². The van der Waals surface area contributed by atoms with Gasteiger partial charge in [-0.25, -0.2) is 0 Å². The Kier molecular flexibility index (Phi) is 5.58. The fourth-order valence-corrected chi connectivity index (χ4v) is 1.08. The van der Waals surface area contributed by atoms with Crippen molar-refractivity contribution in [2.75, 3.05) is 6.61 Å². The van der Waals surface area contributed by atoms with Crippen LogP contribution in [0.5, 0.6) is 5.75 Å². The standard InChI is InChI=1S/C11H17NO.ClH/c1-8-4-5-9(2)11(6-8)13-7-10(3)12;/h4-6,10H,7,12H2,1-3H3;1H. The van der Waals surface area contributed by atoms with E-state index in [2.05, 4.69) is 19.1 Å². The highest BCUT2D eigenvalue weighted by atomic mass is 35.5. The van der Waals surface area contributed by atoms with Crippen molar-refractivity contribution in [3.8, 4) is 5.75 Å². The lowest BCUT2D eigenvalue weighted by Gasteiger charge is -2.11. The van der Waals surface area contributed by atoms with Crippen molar-refractivity contribution in [1.82, 2.24) is 0 Å². The van der Waals surface area contributed by atoms with Crippen LogP contribution in [0.4, 0.5) is 0 Å². The SMILES string of the molecule is Cc1ccc(C)c(OCC(C)N)c1.Cl. The molecular weight excluding hydrogens is 198 g/mol. The van der Waals surface area contributed by atoms with E-state index < -0.39 is 0 Å². The third-order valence-electron chi connectivity index (χ3n) is 1.85. The first-order chi connectivity index (χ1) is 6.09. The number of hydrogen-bond donors (Lipinski definition) is 1. The fraction of sp³-hybridized carbons (Fsp3) is 0.455. The predicted molar refractivity (Wildman–Crippen MR) is 62.3 cm³/mol. The molecule has 0 bridgehead atoms. The summed E-state index contributed by atoms with van der Waals surface area (Å²) in [6.45, 7) is 6.60. The molecule has 0 aromatic heterocycles. The number of ether oxygens (including phenoxy) is 1. The average molecular weight is 216 g/mol. The summed E-state index contributed by atoms with van der Waals surface area (Å²) in [5, 5.41) is 0. The van der Waals surface area contributed by atoms with Crippen molar-refractivity contribution in [2.45, 2.75) is 26.8 Å². The van der Waals surface area contributed by atoms with Crippen LogP contribution in [0.25, 0.3) is 0 Å². The van der Waals surface area contributed by atoms with Crippen molar-refractivity contribution in [3.63, 3.8) is 0 Å². The van der Waals surface area contributed by atoms with Gasteiger partial charge in [0.2, 0.25) is 0 Å². The highest BCUT2D eigenvalue weighted by Crippen LogP contribution is 2.18. The molecule has 0 aliphatic heterocycles. The van der Waals surface area contributed by atoms with E-state index in [-0.39, 0.29) is 18.4 Å². The Labute approximate surface area is 91.9 Å². The molecule has 2 nitrogen and oxygen atoms in total. The van der Waals surface area contributed by atoms with Gasteiger partial charge in [-0.1, -0.05) is 12.1 Å². The van der Waals surface area contributed by atoms with Gasteiger partial charge in [-0.2, -0.15) is 0 Å². The predicted octanol–water partition coefficient (Wildman–Crippen LogP) is 2.45. The van der Waals surface area contributed by atoms with Gasteiger partial charge < -0.3 is 10.5 Å². The lowest BCUT2D eigenvalue weighted by molar-refractivity contribution is 0.294. The molecule has 0 radical (unpaired) electrons. The lowest BCUT2D eigenvalue weighted by Crippen LogP contribution is -2.23. The highest BCUT2D eigenvalue weighted by molar-refractivity contribution is 5.85. The molecule has 14 heavy (non-hydrogen) atoms. The first-order valence-electron chi connectivity index (χ1n) is 4.55. The second kappa shape index (κ2) is 5.89. The van der Waals surface area contributed by atoms with Crippen LogP contribution >= 0.6 is 12.4 Å². The van der Waals surface area contributed by atoms with Crippen LogP contribution in [0.2, 0.25) is 0 Å². The maximum Gasteiger partial charge on any atom is 0.122 e. The summed E-state index contributed by atoms with van der Waals surface area (Å²) < 4.78 is 5.55. The fourth-order valence-electron chi connectivity index (χ4n) is 1.08. The summed E-state index contributed by atoms with van der Waals surface area (Å²) >= 11 is 0. The van der Waals surface area contributed by atoms with Crippen LogP contribution in [0.15, 0.2) is 18.2 Å². The van der Waals surface area contributed by atoms with Crippen molar-refractivity contribution < 1.29 is 4.74 Å². The molecule has 0 heterocycles. The van der Waals surface area contributed by atoms with Gasteiger partial charge in [0.1, 0.15) is 12.4 Å². The average Bonchev–Trinajstić information content (AvgIpc) is 2.06. The Morgan fingerprint density at radius 2 is 2.00 bits per heavy atom. The molecule has 3 heteroatoms. The van der Waals surface area contributed by atoms with Crippen molar-refractivity contribution in [3.05, 3.63) is 29.3 Å². The lowest BCUT2D eigenvalue weighted by atomic mass is 10.1. The second-order valence-corrected chi connectivity index (χ2v) is 3.56. The van der Waals surface area contributed by atoms with Crippen LogP contribution in [0, 0.1) is 13.8 Å². The van der Waals surface area contributed by atoms with Crippen molar-refractivity contribution in [2.24, 2.45) is 5.73 Å². The molecule has 0 aliphatic rings. The molecule has 1 unspecified atom stereocenters. The van der Waals surface area contributed by atoms with Gasteiger partial charge in [-0.15, -0.1) is 12.4 Å². The van der Waals surface area contributed by atoms with E-state index in [0.717, 1.165) is 11.3 Å². The van der Waals surface area contributed by atoms with Crippen LogP contribution in [-0.4, -0.2) is 12.6 Å². The number of halogens is 1. The molecule has 1 rings (SSSR count). The monoisotopic (exact) mass is 215 g/mol. The summed E-state index contributed by atoms with van der Waals surface area (Å²) in [5.41, 5.74) is 7.98. The number of nitrogens with two attached hydrogens (primary N) is 1. The molecule has 80 valence electrons. The second-order valence-electron chi connectivity index (χ2n) is 3.56. The minimum Gasteiger partial charge on any atom is -0.492 e. The van der Waals surface area contributed by atoms with E-state index in [9.17, 15) is 0 Å². The molecule has 0 fully saturated rings. The Morgan fingerprint density at radius 3 is 2.57 bits per heavy atom. The topological polar surface area (TPSA) is 35.2 Å². The third-order valence-corrected chi connectivity index (χ3v) is 1.85. The molecule has 2 N–H and O–H groups in total. The first kappa shape index (κ1) is 13.3. The molecule has 1 aromatic rings. The third kappa shape index (κ3) is 3.99. The maximum absolute atomic E-state index is 5.60. The Hall–Kier alpha value is -0.730. The molecule has 0 spiro atoms. The van der Waals surface area contributed by atoms with E-state index in [0.29, 0.717) is 6.61 Å². The maximum atomic E-state index is 5.60. The van der Waals surface area contributed by atoms with Crippen LogP contribution in [0.3, 0.4) is 0 Å². The smallest absolute Gasteiger partial charge is 0.122 e. The van der Waals surface area contributed by atoms with Crippen molar-refractivity contribution >= 4 is 12.4 Å². The van der Waals surface area contributed by atoms with Crippen LogP contribution in [0.1, 0.15) is 18.1 Å². The van der Waals surface area contributed by atoms with E-state index in [1.807, 2.05) is 19.9 Å². The normalized spacial score (nSPS) is 11.7. The van der Waals surface area contributed by atoms with Gasteiger partial charge in [-0.3, -0.25) is 0 Å². The largest absolute Gasteiger partial charge is 0.492 e. The summed E-state index contributed by atoms with van der Waals surface area (Å²) in [6, 6.07) is 6.26. The van der Waals surface area contributed by atoms with Gasteiger partial charge in [0.15, 0.2) is 0 Å². The number of hydrogen-bond acceptors (Lipinski definition) is 2. The van der Waals surface area contributed by atoms with E-state index in [1.54, 1.807) is 0 Å². The molecule has 0 aliphatic carbocycles. The van der Waals surface area contributed by atoms with Gasteiger partial charge in [-0.05, 0) is 38.0 Å². The van der Waals surface area contributed by atoms with Gasteiger partial charge in [0.05, 0.1) is 0 Å². The zero-order chi connectivity index (χ0) is 9.84. The quantitative estimate of drug-likeness (QED) is 0.841. The van der Waals surface area contributed by atoms with Gasteiger partial charge in [0.25, 0.3) is 0 Å². The Morgan fingerprint density at radius 1 is 1.36 bits per heavy atom. The zero-order valence-electron chi connectivity index (χ0n) is 8.91. The minimum atomic E-state index is 0. The Bertz CT molecular complexity index is 287. The molecular formula is C11H18ClNO. The molecule has 1 atom stereocenters. The first-order valence-corrected chi connectivity index (χ1v) is 4.55. The summed E-state index contributed by atoms with van der Waals surface area (Å²) in [4.78, 5) is 0. The highest BCUT2D eigenvalue weighted by Gasteiger charge is 2.00. The van der Waals surface area contributed by atoms with E-state index in [4.69, 9.17) is 10.5 Å². The molecule has 0 saturated heterocycles. The Balaban J connectivity index is 0.00000169. The van der Waals surface area contributed by atoms with E-state index in [1.165, 1.54) is 5.56 Å².